The van der Waals surface area contributed by atoms with Gasteiger partial charge in [0.2, 0.25) is 5.91 Å². The molecular formula is C28H31ClN2O3. The van der Waals surface area contributed by atoms with Crippen LogP contribution >= 0.6 is 11.6 Å². The van der Waals surface area contributed by atoms with Gasteiger partial charge in [0.25, 0.3) is 0 Å². The molecule has 178 valence electrons. The summed E-state index contributed by atoms with van der Waals surface area (Å²) in [6, 6.07) is 12.0. The molecule has 0 bridgehead atoms. The maximum Gasteiger partial charge on any atom is 0.246 e. The van der Waals surface area contributed by atoms with Crippen molar-refractivity contribution in [3.05, 3.63) is 64.4 Å². The average Bonchev–Trinajstić information content (AvgIpc) is 3.21. The van der Waals surface area contributed by atoms with Gasteiger partial charge in [-0.3, -0.25) is 4.79 Å². The molecule has 0 unspecified atom stereocenters. The fourth-order valence-corrected chi connectivity index (χ4v) is 5.27. The molecule has 0 spiro atoms. The van der Waals surface area contributed by atoms with Gasteiger partial charge in [-0.25, -0.2) is 0 Å². The van der Waals surface area contributed by atoms with Gasteiger partial charge >= 0.3 is 0 Å². The highest BCUT2D eigenvalue weighted by molar-refractivity contribution is 6.30. The third-order valence-electron chi connectivity index (χ3n) is 6.89. The molecule has 0 radical (unpaired) electrons. The number of benzene rings is 2. The number of fused-ring (bicyclic) bond motifs is 3. The summed E-state index contributed by atoms with van der Waals surface area (Å²) in [6.45, 7) is 7.47. The highest BCUT2D eigenvalue weighted by Gasteiger charge is 2.23. The topological polar surface area (TPSA) is 45.9 Å². The number of furan rings is 1. The molecule has 3 aromatic rings. The van der Waals surface area contributed by atoms with Crippen LogP contribution in [0.5, 0.6) is 5.75 Å². The molecule has 6 heteroatoms. The Hall–Kier alpha value is -2.92. The molecule has 1 amide bonds. The van der Waals surface area contributed by atoms with Gasteiger partial charge in [-0.1, -0.05) is 17.7 Å². The van der Waals surface area contributed by atoms with E-state index in [-0.39, 0.29) is 5.91 Å². The lowest BCUT2D eigenvalue weighted by atomic mass is 9.94. The van der Waals surface area contributed by atoms with Crippen molar-refractivity contribution in [1.29, 1.82) is 0 Å². The van der Waals surface area contributed by atoms with E-state index in [4.69, 9.17) is 20.8 Å². The first-order valence-electron chi connectivity index (χ1n) is 12.2. The first-order chi connectivity index (χ1) is 16.5. The lowest BCUT2D eigenvalue weighted by Crippen LogP contribution is -2.48. The predicted molar refractivity (Wildman–Crippen MR) is 138 cm³/mol. The maximum absolute atomic E-state index is 13.1. The summed E-state index contributed by atoms with van der Waals surface area (Å²) >= 11 is 6.15. The molecule has 5 rings (SSSR count). The number of nitrogens with zero attached hydrogens (tertiary/aromatic N) is 2. The van der Waals surface area contributed by atoms with E-state index in [0.29, 0.717) is 19.7 Å². The van der Waals surface area contributed by atoms with Gasteiger partial charge in [0.05, 0.1) is 6.61 Å². The molecule has 2 heterocycles. The first-order valence-corrected chi connectivity index (χ1v) is 12.6. The number of allylic oxidation sites excluding steroid dienone is 1. The van der Waals surface area contributed by atoms with Crippen molar-refractivity contribution < 1.29 is 13.9 Å². The normalized spacial score (nSPS) is 16.6. The number of hydrogen-bond acceptors (Lipinski definition) is 4. The number of carbonyl (C=O) groups excluding carboxylic acids is 1. The Bertz CT molecular complexity index is 1240. The molecule has 1 fully saturated rings. The number of amides is 1. The molecule has 2 aromatic carbocycles. The van der Waals surface area contributed by atoms with E-state index in [1.807, 2.05) is 43.0 Å². The van der Waals surface area contributed by atoms with Gasteiger partial charge in [0, 0.05) is 72.0 Å². The van der Waals surface area contributed by atoms with Gasteiger partial charge in [-0.15, -0.1) is 0 Å². The van der Waals surface area contributed by atoms with E-state index in [1.54, 1.807) is 6.08 Å². The summed E-state index contributed by atoms with van der Waals surface area (Å²) in [4.78, 5) is 17.3. The van der Waals surface area contributed by atoms with Crippen LogP contribution in [-0.2, 0) is 17.6 Å². The van der Waals surface area contributed by atoms with Crippen molar-refractivity contribution >= 4 is 39.7 Å². The van der Waals surface area contributed by atoms with Crippen LogP contribution in [0.1, 0.15) is 43.6 Å². The summed E-state index contributed by atoms with van der Waals surface area (Å²) in [5.74, 6) is 1.92. The van der Waals surface area contributed by atoms with Crippen molar-refractivity contribution in [2.45, 2.75) is 39.5 Å². The van der Waals surface area contributed by atoms with Crippen LogP contribution < -0.4 is 9.64 Å². The molecule has 1 aliphatic heterocycles. The first kappa shape index (κ1) is 22.9. The van der Waals surface area contributed by atoms with Crippen molar-refractivity contribution in [1.82, 2.24) is 4.90 Å². The van der Waals surface area contributed by atoms with Crippen LogP contribution in [0.25, 0.3) is 16.5 Å². The van der Waals surface area contributed by atoms with Gasteiger partial charge in [0.1, 0.15) is 17.1 Å². The third kappa shape index (κ3) is 4.54. The lowest BCUT2D eigenvalue weighted by Gasteiger charge is -2.35. The minimum Gasteiger partial charge on any atom is -0.493 e. The van der Waals surface area contributed by atoms with Gasteiger partial charge in [0.15, 0.2) is 0 Å². The van der Waals surface area contributed by atoms with E-state index in [1.165, 1.54) is 18.4 Å². The van der Waals surface area contributed by atoms with Crippen LogP contribution in [0.3, 0.4) is 0 Å². The summed E-state index contributed by atoms with van der Waals surface area (Å²) in [5.41, 5.74) is 5.19. The Labute approximate surface area is 205 Å². The van der Waals surface area contributed by atoms with Crippen molar-refractivity contribution in [2.75, 3.05) is 37.7 Å². The van der Waals surface area contributed by atoms with Crippen molar-refractivity contribution in [3.8, 4) is 5.75 Å². The monoisotopic (exact) mass is 478 g/mol. The molecule has 0 saturated carbocycles. The van der Waals surface area contributed by atoms with Crippen molar-refractivity contribution in [2.24, 2.45) is 0 Å². The number of aryl methyl sites for hydroxylation is 2. The zero-order valence-electron chi connectivity index (χ0n) is 19.9. The largest absolute Gasteiger partial charge is 0.493 e. The van der Waals surface area contributed by atoms with E-state index in [2.05, 4.69) is 17.0 Å². The molecule has 34 heavy (non-hydrogen) atoms. The fraction of sp³-hybridized carbons (Fsp3) is 0.393. The van der Waals surface area contributed by atoms with Crippen molar-refractivity contribution in [3.63, 3.8) is 0 Å². The number of piperazine rings is 1. The highest BCUT2D eigenvalue weighted by Crippen LogP contribution is 2.38. The molecule has 0 N–H and O–H groups in total. The predicted octanol–water partition coefficient (Wildman–Crippen LogP) is 6.12. The summed E-state index contributed by atoms with van der Waals surface area (Å²) in [5, 5.41) is 1.89. The third-order valence-corrected chi connectivity index (χ3v) is 7.12. The zero-order valence-corrected chi connectivity index (χ0v) is 20.7. The molecule has 0 atom stereocenters. The number of carbonyl (C=O) groups is 1. The Morgan fingerprint density at radius 1 is 1.12 bits per heavy atom. The summed E-state index contributed by atoms with van der Waals surface area (Å²) < 4.78 is 12.1. The second-order valence-corrected chi connectivity index (χ2v) is 9.54. The number of halogens is 1. The zero-order chi connectivity index (χ0) is 23.7. The Morgan fingerprint density at radius 2 is 1.91 bits per heavy atom. The SMILES string of the molecule is CCOc1cc2oc3c(c2cc1/C(C)=C/C(=O)N1CCN(c2cccc(Cl)c2)CC1)CCCC3. The van der Waals surface area contributed by atoms with Crippen LogP contribution in [-0.4, -0.2) is 43.6 Å². The Kier molecular flexibility index (Phi) is 6.55. The average molecular weight is 479 g/mol. The number of anilines is 1. The highest BCUT2D eigenvalue weighted by atomic mass is 35.5. The van der Waals surface area contributed by atoms with Crippen LogP contribution in [0.15, 0.2) is 46.9 Å². The molecule has 1 aromatic heterocycles. The van der Waals surface area contributed by atoms with Gasteiger partial charge in [-0.05, 0) is 62.9 Å². The summed E-state index contributed by atoms with van der Waals surface area (Å²) in [7, 11) is 0. The second kappa shape index (κ2) is 9.75. The smallest absolute Gasteiger partial charge is 0.246 e. The quantitative estimate of drug-likeness (QED) is 0.415. The fourth-order valence-electron chi connectivity index (χ4n) is 5.08. The molecule has 2 aliphatic rings. The molecular weight excluding hydrogens is 448 g/mol. The van der Waals surface area contributed by atoms with Gasteiger partial charge in [-0.2, -0.15) is 0 Å². The van der Waals surface area contributed by atoms with E-state index >= 15 is 0 Å². The standard InChI is InChI=1S/C28H31ClN2O3/c1-3-33-26-18-27-24(22-9-4-5-10-25(22)34-27)17-23(26)19(2)15-28(32)31-13-11-30(12-14-31)21-8-6-7-20(29)16-21/h6-8,15-18H,3-5,9-14H2,1-2H3/b19-15+. The minimum atomic E-state index is 0.0417. The minimum absolute atomic E-state index is 0.0417. The molecule has 5 nitrogen and oxygen atoms in total. The number of ether oxygens (including phenoxy) is 1. The van der Waals surface area contributed by atoms with Crippen LogP contribution in [0, 0.1) is 0 Å². The molecule has 1 saturated heterocycles. The molecule has 1 aliphatic carbocycles. The van der Waals surface area contributed by atoms with E-state index in [9.17, 15) is 4.79 Å². The maximum atomic E-state index is 13.1. The Morgan fingerprint density at radius 3 is 2.68 bits per heavy atom. The van der Waals surface area contributed by atoms with Gasteiger partial charge < -0.3 is 19.0 Å². The second-order valence-electron chi connectivity index (χ2n) is 9.11. The van der Waals surface area contributed by atoms with E-state index < -0.39 is 0 Å². The number of rotatable bonds is 5. The van der Waals surface area contributed by atoms with E-state index in [0.717, 1.165) is 70.3 Å². The van der Waals surface area contributed by atoms with Crippen LogP contribution in [0.2, 0.25) is 5.02 Å². The number of hydrogen-bond donors (Lipinski definition) is 0. The van der Waals surface area contributed by atoms with Crippen LogP contribution in [0.4, 0.5) is 5.69 Å². The Balaban J connectivity index is 1.36. The lowest BCUT2D eigenvalue weighted by molar-refractivity contribution is -0.126. The summed E-state index contributed by atoms with van der Waals surface area (Å²) in [6.07, 6.45) is 6.17.